The van der Waals surface area contributed by atoms with E-state index in [4.69, 9.17) is 4.99 Å². The molecule has 0 spiro atoms. The summed E-state index contributed by atoms with van der Waals surface area (Å²) in [4.78, 5) is 15.5. The van der Waals surface area contributed by atoms with Gasteiger partial charge in [-0.25, -0.2) is 9.98 Å². The quantitative estimate of drug-likeness (QED) is 0.507. The van der Waals surface area contributed by atoms with Gasteiger partial charge in [-0.15, -0.1) is 0 Å². The first-order valence-electron chi connectivity index (χ1n) is 11.1. The lowest BCUT2D eigenvalue weighted by Crippen LogP contribution is -2.41. The number of pyridine rings is 1. The molecule has 4 heterocycles. The second-order valence-electron chi connectivity index (χ2n) is 8.63. The van der Waals surface area contributed by atoms with Crippen LogP contribution in [0.15, 0.2) is 34.5 Å². The minimum Gasteiger partial charge on any atom is -0.366 e. The number of aliphatic imine (C=N–C) groups is 2. The zero-order valence-electron chi connectivity index (χ0n) is 18.3. The molecule has 2 fully saturated rings. The molecule has 2 atom stereocenters. The molecule has 0 radical (unpaired) electrons. The Morgan fingerprint density at radius 2 is 2.09 bits per heavy atom. The maximum absolute atomic E-state index is 13.4. The van der Waals surface area contributed by atoms with E-state index in [0.29, 0.717) is 17.1 Å². The molecule has 0 amide bonds. The van der Waals surface area contributed by atoms with Gasteiger partial charge in [0.15, 0.2) is 0 Å². The highest BCUT2D eigenvalue weighted by Crippen LogP contribution is 2.44. The Morgan fingerprint density at radius 3 is 2.73 bits per heavy atom. The number of aromatic nitrogens is 2. The molecule has 5 rings (SSSR count). The molecule has 33 heavy (non-hydrogen) atoms. The van der Waals surface area contributed by atoms with Crippen LogP contribution in [-0.2, 0) is 6.18 Å². The fourth-order valence-corrected chi connectivity index (χ4v) is 4.56. The van der Waals surface area contributed by atoms with Gasteiger partial charge in [0.1, 0.15) is 23.5 Å². The van der Waals surface area contributed by atoms with Crippen molar-refractivity contribution in [1.82, 2.24) is 20.6 Å². The summed E-state index contributed by atoms with van der Waals surface area (Å²) < 4.78 is 40.1. The fraction of sp³-hybridized carbons (Fsp3) is 0.435. The van der Waals surface area contributed by atoms with Gasteiger partial charge in [0, 0.05) is 35.5 Å². The Bertz CT molecular complexity index is 1120. The van der Waals surface area contributed by atoms with E-state index in [0.717, 1.165) is 61.1 Å². The second-order valence-corrected chi connectivity index (χ2v) is 8.63. The molecular formula is C23H26F3N7. The summed E-state index contributed by atoms with van der Waals surface area (Å²) in [7, 11) is 0. The SMILES string of the molecule is C=Nc1[nH]c(C(F)(F)F)cc1/C(=C\C)[C@@H]1N=C(N[C@H]2CCNC2)c2c(cncc2C2CC2)N1. The average Bonchev–Trinajstić information content (AvgIpc) is 3.32. The molecule has 10 heteroatoms. The Kier molecular flexibility index (Phi) is 5.48. The molecule has 1 saturated carbocycles. The Morgan fingerprint density at radius 1 is 1.27 bits per heavy atom. The molecule has 174 valence electrons. The summed E-state index contributed by atoms with van der Waals surface area (Å²) in [5, 5.41) is 10.3. The van der Waals surface area contributed by atoms with Gasteiger partial charge in [0.2, 0.25) is 0 Å². The van der Waals surface area contributed by atoms with Gasteiger partial charge in [0.25, 0.3) is 0 Å². The van der Waals surface area contributed by atoms with Crippen LogP contribution in [0.4, 0.5) is 24.7 Å². The number of hydrogen-bond donors (Lipinski definition) is 4. The molecule has 2 aromatic heterocycles. The van der Waals surface area contributed by atoms with Crippen molar-refractivity contribution < 1.29 is 13.2 Å². The van der Waals surface area contributed by atoms with Gasteiger partial charge in [-0.05, 0) is 57.0 Å². The van der Waals surface area contributed by atoms with Crippen LogP contribution >= 0.6 is 0 Å². The molecule has 1 saturated heterocycles. The number of nitrogens with one attached hydrogen (secondary N) is 4. The molecule has 7 nitrogen and oxygen atoms in total. The average molecular weight is 458 g/mol. The van der Waals surface area contributed by atoms with Crippen LogP contribution in [0.25, 0.3) is 5.57 Å². The minimum atomic E-state index is -4.52. The van der Waals surface area contributed by atoms with Gasteiger partial charge in [-0.1, -0.05) is 6.08 Å². The van der Waals surface area contributed by atoms with Crippen LogP contribution in [0.3, 0.4) is 0 Å². The largest absolute Gasteiger partial charge is 0.431 e. The molecule has 0 bridgehead atoms. The Balaban J connectivity index is 1.56. The van der Waals surface area contributed by atoms with E-state index in [2.05, 4.69) is 37.6 Å². The van der Waals surface area contributed by atoms with Gasteiger partial charge < -0.3 is 20.9 Å². The van der Waals surface area contributed by atoms with Crippen LogP contribution in [0.5, 0.6) is 0 Å². The van der Waals surface area contributed by atoms with Crippen molar-refractivity contribution in [2.75, 3.05) is 18.4 Å². The molecule has 4 N–H and O–H groups in total. The fourth-order valence-electron chi connectivity index (χ4n) is 4.56. The number of nitrogens with zero attached hydrogens (tertiary/aromatic N) is 3. The van der Waals surface area contributed by atoms with Crippen molar-refractivity contribution in [3.63, 3.8) is 0 Å². The van der Waals surface area contributed by atoms with Crippen molar-refractivity contribution >= 4 is 29.6 Å². The van der Waals surface area contributed by atoms with Crippen LogP contribution in [0.2, 0.25) is 0 Å². The maximum Gasteiger partial charge on any atom is 0.431 e. The summed E-state index contributed by atoms with van der Waals surface area (Å²) in [6.45, 7) is 7.00. The molecule has 1 aliphatic carbocycles. The van der Waals surface area contributed by atoms with E-state index >= 15 is 0 Å². The minimum absolute atomic E-state index is 0.0672. The topological polar surface area (TPSA) is 89.5 Å². The van der Waals surface area contributed by atoms with E-state index in [-0.39, 0.29) is 11.9 Å². The molecule has 0 aromatic carbocycles. The zero-order chi connectivity index (χ0) is 23.2. The van der Waals surface area contributed by atoms with Crippen LogP contribution in [-0.4, -0.2) is 47.8 Å². The number of amidine groups is 1. The summed E-state index contributed by atoms with van der Waals surface area (Å²) in [6, 6.07) is 1.30. The van der Waals surface area contributed by atoms with Crippen molar-refractivity contribution in [3.05, 3.63) is 46.9 Å². The third kappa shape index (κ3) is 4.15. The third-order valence-electron chi connectivity index (χ3n) is 6.36. The highest BCUT2D eigenvalue weighted by atomic mass is 19.4. The normalized spacial score (nSPS) is 23.0. The number of rotatable bonds is 5. The van der Waals surface area contributed by atoms with Crippen LogP contribution in [0, 0.1) is 0 Å². The lowest BCUT2D eigenvalue weighted by atomic mass is 9.98. The highest BCUT2D eigenvalue weighted by molar-refractivity contribution is 6.07. The predicted octanol–water partition coefficient (Wildman–Crippen LogP) is 4.19. The van der Waals surface area contributed by atoms with Crippen molar-refractivity contribution in [2.24, 2.45) is 9.98 Å². The molecule has 2 aromatic rings. The molecule has 0 unspecified atom stereocenters. The first-order valence-corrected chi connectivity index (χ1v) is 11.1. The molecule has 2 aliphatic heterocycles. The summed E-state index contributed by atoms with van der Waals surface area (Å²) >= 11 is 0. The first kappa shape index (κ1) is 21.7. The van der Waals surface area contributed by atoms with E-state index in [1.807, 2.05) is 6.20 Å². The summed E-state index contributed by atoms with van der Waals surface area (Å²) in [5.74, 6) is 1.29. The number of fused-ring (bicyclic) bond motifs is 1. The number of halogens is 3. The second kappa shape index (κ2) is 8.33. The van der Waals surface area contributed by atoms with Crippen molar-refractivity contribution in [2.45, 2.75) is 50.5 Å². The zero-order valence-corrected chi connectivity index (χ0v) is 18.3. The Labute approximate surface area is 189 Å². The third-order valence-corrected chi connectivity index (χ3v) is 6.36. The van der Waals surface area contributed by atoms with Crippen molar-refractivity contribution in [3.8, 4) is 0 Å². The smallest absolute Gasteiger partial charge is 0.366 e. The van der Waals surface area contributed by atoms with Crippen molar-refractivity contribution in [1.29, 1.82) is 0 Å². The van der Waals surface area contributed by atoms with Crippen LogP contribution in [0.1, 0.15) is 54.5 Å². The standard InChI is InChI=1S/C23H26F3N7/c1-3-14(15-8-18(23(24,25)26)32-20(15)27-2)21-31-17-11-29-10-16(12-4-5-12)19(17)22(33-21)30-13-6-7-28-9-13/h3,8,10-13,21,28,31-32H,2,4-7,9H2,1H3,(H,30,33)/b14-3+/t13-,21-/m0/s1. The number of H-pyrrole nitrogens is 1. The van der Waals surface area contributed by atoms with Gasteiger partial charge in [-0.2, -0.15) is 13.2 Å². The van der Waals surface area contributed by atoms with Gasteiger partial charge >= 0.3 is 6.18 Å². The number of alkyl halides is 3. The highest BCUT2D eigenvalue weighted by Gasteiger charge is 2.37. The number of anilines is 1. The maximum atomic E-state index is 13.4. The Hall–Kier alpha value is -3.14. The first-order chi connectivity index (χ1) is 15.9. The predicted molar refractivity (Wildman–Crippen MR) is 123 cm³/mol. The monoisotopic (exact) mass is 457 g/mol. The lowest BCUT2D eigenvalue weighted by Gasteiger charge is -2.30. The van der Waals surface area contributed by atoms with E-state index in [9.17, 15) is 13.2 Å². The lowest BCUT2D eigenvalue weighted by molar-refractivity contribution is -0.140. The molecular weight excluding hydrogens is 431 g/mol. The van der Waals surface area contributed by atoms with Crippen LogP contribution < -0.4 is 16.0 Å². The van der Waals surface area contributed by atoms with Gasteiger partial charge in [-0.3, -0.25) is 4.98 Å². The number of allylic oxidation sites excluding steroid dienone is 1. The van der Waals surface area contributed by atoms with E-state index in [1.165, 1.54) is 0 Å². The number of hydrogen-bond acceptors (Lipinski definition) is 6. The summed E-state index contributed by atoms with van der Waals surface area (Å²) in [5.41, 5.74) is 3.03. The van der Waals surface area contributed by atoms with E-state index < -0.39 is 18.0 Å². The number of aromatic amines is 1. The summed E-state index contributed by atoms with van der Waals surface area (Å²) in [6.07, 6.45) is 3.53. The van der Waals surface area contributed by atoms with E-state index in [1.54, 1.807) is 19.2 Å². The molecule has 3 aliphatic rings. The van der Waals surface area contributed by atoms with Gasteiger partial charge in [0.05, 0.1) is 11.9 Å².